The summed E-state index contributed by atoms with van der Waals surface area (Å²) in [6, 6.07) is 4.03. The minimum atomic E-state index is -3.71. The molecule has 1 N–H and O–H groups in total. The van der Waals surface area contributed by atoms with Crippen molar-refractivity contribution in [1.29, 1.82) is 0 Å². The molecule has 0 bridgehead atoms. The molecule has 0 spiro atoms. The van der Waals surface area contributed by atoms with Crippen molar-refractivity contribution in [2.24, 2.45) is 0 Å². The molecule has 0 radical (unpaired) electrons. The molecule has 31 heavy (non-hydrogen) atoms. The molecule has 1 aromatic carbocycles. The first kappa shape index (κ1) is 22.2. The minimum Gasteiger partial charge on any atom is -0.395 e. The Kier molecular flexibility index (Phi) is 6.33. The molecule has 0 atom stereocenters. The third-order valence-electron chi connectivity index (χ3n) is 5.60. The van der Waals surface area contributed by atoms with Gasteiger partial charge in [-0.1, -0.05) is 12.8 Å². The Balaban J connectivity index is 1.27. The van der Waals surface area contributed by atoms with Gasteiger partial charge in [-0.3, -0.25) is 9.69 Å². The van der Waals surface area contributed by atoms with Crippen LogP contribution in [0.4, 0.5) is 14.5 Å². The Morgan fingerprint density at radius 1 is 0.935 bits per heavy atom. The molecule has 4 rings (SSSR count). The van der Waals surface area contributed by atoms with Crippen LogP contribution in [0.5, 0.6) is 11.5 Å². The van der Waals surface area contributed by atoms with E-state index in [1.165, 1.54) is 22.5 Å². The van der Waals surface area contributed by atoms with Gasteiger partial charge in [0.15, 0.2) is 11.5 Å². The van der Waals surface area contributed by atoms with Crippen molar-refractivity contribution in [3.8, 4) is 11.5 Å². The van der Waals surface area contributed by atoms with E-state index in [1.54, 1.807) is 4.31 Å². The van der Waals surface area contributed by atoms with Crippen LogP contribution in [0.1, 0.15) is 25.7 Å². The Labute approximate surface area is 180 Å². The van der Waals surface area contributed by atoms with Crippen LogP contribution >= 0.6 is 0 Å². The molecule has 2 saturated heterocycles. The van der Waals surface area contributed by atoms with E-state index in [1.807, 2.05) is 4.90 Å². The molecule has 12 heteroatoms. The van der Waals surface area contributed by atoms with Crippen molar-refractivity contribution in [3.05, 3.63) is 18.2 Å². The summed E-state index contributed by atoms with van der Waals surface area (Å²) in [7, 11) is -3.47. The third-order valence-corrected chi connectivity index (χ3v) is 7.64. The van der Waals surface area contributed by atoms with E-state index in [2.05, 4.69) is 14.8 Å². The van der Waals surface area contributed by atoms with Gasteiger partial charge in [0.2, 0.25) is 5.91 Å². The van der Waals surface area contributed by atoms with Crippen LogP contribution in [0.25, 0.3) is 0 Å². The molecule has 3 heterocycles. The molecule has 2 fully saturated rings. The maximum Gasteiger partial charge on any atom is 0.586 e. The molecule has 0 aliphatic carbocycles. The van der Waals surface area contributed by atoms with Gasteiger partial charge in [0.25, 0.3) is 10.2 Å². The van der Waals surface area contributed by atoms with Crippen molar-refractivity contribution in [1.82, 2.24) is 13.5 Å². The predicted octanol–water partition coefficient (Wildman–Crippen LogP) is 1.68. The van der Waals surface area contributed by atoms with Crippen molar-refractivity contribution in [2.75, 3.05) is 51.1 Å². The molecule has 9 nitrogen and oxygen atoms in total. The predicted molar refractivity (Wildman–Crippen MR) is 108 cm³/mol. The number of nitrogens with one attached hydrogen (secondary N) is 1. The van der Waals surface area contributed by atoms with E-state index < -0.39 is 16.5 Å². The molecule has 3 aliphatic rings. The average molecular weight is 461 g/mol. The van der Waals surface area contributed by atoms with E-state index in [0.29, 0.717) is 45.0 Å². The number of carbonyl (C=O) groups excluding carboxylic acids is 1. The quantitative estimate of drug-likeness (QED) is 0.719. The number of alkyl halides is 2. The number of hydrogen-bond donors (Lipinski definition) is 1. The average Bonchev–Trinajstić information content (AvgIpc) is 2.87. The van der Waals surface area contributed by atoms with Gasteiger partial charge in [0.05, 0.1) is 6.54 Å². The van der Waals surface area contributed by atoms with E-state index in [9.17, 15) is 22.0 Å². The zero-order valence-corrected chi connectivity index (χ0v) is 17.9. The van der Waals surface area contributed by atoms with Crippen LogP contribution in [0.3, 0.4) is 0 Å². The van der Waals surface area contributed by atoms with Crippen LogP contribution in [-0.2, 0) is 15.0 Å². The highest BCUT2D eigenvalue weighted by Gasteiger charge is 2.43. The monoisotopic (exact) mass is 460 g/mol. The highest BCUT2D eigenvalue weighted by Crippen LogP contribution is 2.42. The number of carbonyl (C=O) groups is 1. The summed E-state index contributed by atoms with van der Waals surface area (Å²) in [4.78, 5) is 14.2. The maximum absolute atomic E-state index is 13.1. The molecule has 3 aliphatic heterocycles. The van der Waals surface area contributed by atoms with Crippen molar-refractivity contribution < 1.29 is 31.5 Å². The maximum atomic E-state index is 13.1. The smallest absolute Gasteiger partial charge is 0.395 e. The topological polar surface area (TPSA) is 91.4 Å². The lowest BCUT2D eigenvalue weighted by Crippen LogP contribution is -2.54. The lowest BCUT2D eigenvalue weighted by Gasteiger charge is -2.36. The first-order valence-corrected chi connectivity index (χ1v) is 11.8. The lowest BCUT2D eigenvalue weighted by molar-refractivity contribution is -0.286. The summed E-state index contributed by atoms with van der Waals surface area (Å²) in [5, 5.41) is 2.65. The Bertz CT molecular complexity index is 914. The Hall–Kier alpha value is -2.02. The zero-order chi connectivity index (χ0) is 22.1. The molecule has 1 aromatic rings. The fraction of sp³-hybridized carbons (Fsp3) is 0.632. The fourth-order valence-corrected chi connectivity index (χ4v) is 5.66. The second-order valence-electron chi connectivity index (χ2n) is 7.87. The number of rotatable bonds is 5. The zero-order valence-electron chi connectivity index (χ0n) is 17.1. The molecule has 1 amide bonds. The number of amides is 1. The van der Waals surface area contributed by atoms with Crippen molar-refractivity contribution in [2.45, 2.75) is 32.0 Å². The minimum absolute atomic E-state index is 0.0716. The molecule has 0 aromatic heterocycles. The molecule has 0 saturated carbocycles. The van der Waals surface area contributed by atoms with Crippen LogP contribution in [-0.4, -0.2) is 79.9 Å². The Morgan fingerprint density at radius 3 is 2.23 bits per heavy atom. The standard InChI is InChI=1S/C19H26F2N4O5S/c20-19(21)29-16-6-5-15(13-17(16)30-19)22-18(26)14-23-9-11-25(12-10-23)31(27,28)24-7-3-1-2-4-8-24/h5-6,13H,1-4,7-12,14H2,(H,22,26). The molecule has 172 valence electrons. The molecule has 0 unspecified atom stereocenters. The number of benzene rings is 1. The van der Waals surface area contributed by atoms with Crippen LogP contribution < -0.4 is 14.8 Å². The highest BCUT2D eigenvalue weighted by atomic mass is 32.2. The van der Waals surface area contributed by atoms with Crippen molar-refractivity contribution >= 4 is 21.8 Å². The number of halogens is 2. The van der Waals surface area contributed by atoms with Gasteiger partial charge < -0.3 is 14.8 Å². The normalized spacial score (nSPS) is 22.8. The van der Waals surface area contributed by atoms with Gasteiger partial charge in [0, 0.05) is 51.0 Å². The second-order valence-corrected chi connectivity index (χ2v) is 9.80. The van der Waals surface area contributed by atoms with Gasteiger partial charge in [0.1, 0.15) is 0 Å². The first-order valence-electron chi connectivity index (χ1n) is 10.4. The molecular formula is C19H26F2N4O5S. The Morgan fingerprint density at radius 2 is 1.55 bits per heavy atom. The second kappa shape index (κ2) is 8.85. The van der Waals surface area contributed by atoms with Crippen LogP contribution in [0, 0.1) is 0 Å². The van der Waals surface area contributed by atoms with Gasteiger partial charge in [-0.25, -0.2) is 0 Å². The number of hydrogen-bond acceptors (Lipinski definition) is 6. The number of fused-ring (bicyclic) bond motifs is 1. The fourth-order valence-electron chi connectivity index (χ4n) is 3.98. The largest absolute Gasteiger partial charge is 0.586 e. The van der Waals surface area contributed by atoms with E-state index >= 15 is 0 Å². The highest BCUT2D eigenvalue weighted by molar-refractivity contribution is 7.86. The summed E-state index contributed by atoms with van der Waals surface area (Å²) >= 11 is 0. The summed E-state index contributed by atoms with van der Waals surface area (Å²) in [5.74, 6) is -0.561. The van der Waals surface area contributed by atoms with E-state index in [4.69, 9.17) is 0 Å². The van der Waals surface area contributed by atoms with Gasteiger partial charge >= 0.3 is 6.29 Å². The van der Waals surface area contributed by atoms with Crippen molar-refractivity contribution in [3.63, 3.8) is 0 Å². The molecular weight excluding hydrogens is 434 g/mol. The van der Waals surface area contributed by atoms with E-state index in [-0.39, 0.29) is 24.0 Å². The van der Waals surface area contributed by atoms with Gasteiger partial charge in [-0.05, 0) is 25.0 Å². The van der Waals surface area contributed by atoms with Gasteiger partial charge in [-0.2, -0.15) is 17.0 Å². The summed E-state index contributed by atoms with van der Waals surface area (Å²) < 4.78 is 63.8. The summed E-state index contributed by atoms with van der Waals surface area (Å²) in [6.45, 7) is 2.72. The van der Waals surface area contributed by atoms with Gasteiger partial charge in [-0.15, -0.1) is 8.78 Å². The number of anilines is 1. The first-order chi connectivity index (χ1) is 14.7. The van der Waals surface area contributed by atoms with Crippen LogP contribution in [0.2, 0.25) is 0 Å². The number of piperazine rings is 1. The summed E-state index contributed by atoms with van der Waals surface area (Å²) in [5.41, 5.74) is 0.312. The number of nitrogens with zero attached hydrogens (tertiary/aromatic N) is 3. The van der Waals surface area contributed by atoms with E-state index in [0.717, 1.165) is 25.7 Å². The van der Waals surface area contributed by atoms with Crippen LogP contribution in [0.15, 0.2) is 18.2 Å². The summed E-state index contributed by atoms with van der Waals surface area (Å²) in [6.07, 6.45) is 0.174. The number of ether oxygens (including phenoxy) is 2. The SMILES string of the molecule is O=C(CN1CCN(S(=O)(=O)N2CCCCCC2)CC1)Nc1ccc2c(c1)OC(F)(F)O2. The lowest BCUT2D eigenvalue weighted by atomic mass is 10.2. The third kappa shape index (κ3) is 5.25.